The number of para-hydroxylation sites is 1. The van der Waals surface area contributed by atoms with Gasteiger partial charge in [0.2, 0.25) is 0 Å². The number of benzene rings is 8. The Hall–Kier alpha value is -6.12. The van der Waals surface area contributed by atoms with Crippen LogP contribution in [0.2, 0.25) is 0 Å². The molecular weight excluding hydrogens is 581 g/mol. The molecule has 1 aromatic heterocycles. The highest BCUT2D eigenvalue weighted by molar-refractivity contribution is 6.23. The molecule has 1 aliphatic carbocycles. The fourth-order valence-corrected chi connectivity index (χ4v) is 7.81. The minimum atomic E-state index is 1.04. The van der Waals surface area contributed by atoms with Gasteiger partial charge < -0.3 is 9.47 Å². The molecule has 0 bridgehead atoms. The minimum Gasteiger partial charge on any atom is -0.311 e. The van der Waals surface area contributed by atoms with Crippen molar-refractivity contribution in [2.24, 2.45) is 0 Å². The van der Waals surface area contributed by atoms with E-state index in [1.807, 2.05) is 0 Å². The topological polar surface area (TPSA) is 8.17 Å². The van der Waals surface area contributed by atoms with Crippen LogP contribution in [0, 0.1) is 0 Å². The van der Waals surface area contributed by atoms with Gasteiger partial charge in [0.15, 0.2) is 0 Å². The Kier molecular flexibility index (Phi) is 6.04. The molecule has 0 saturated carbocycles. The Balaban J connectivity index is 1.18. The number of aromatic nitrogens is 1. The molecule has 0 aliphatic heterocycles. The molecule has 2 nitrogen and oxygen atoms in total. The third-order valence-corrected chi connectivity index (χ3v) is 10.0. The van der Waals surface area contributed by atoms with Crippen molar-refractivity contribution in [1.29, 1.82) is 0 Å². The van der Waals surface area contributed by atoms with E-state index >= 15 is 0 Å². The highest BCUT2D eigenvalue weighted by Crippen LogP contribution is 2.40. The van der Waals surface area contributed by atoms with E-state index in [0.717, 1.165) is 29.9 Å². The van der Waals surface area contributed by atoms with Crippen LogP contribution in [0.4, 0.5) is 11.4 Å². The van der Waals surface area contributed by atoms with Crippen molar-refractivity contribution in [2.45, 2.75) is 12.8 Å². The molecule has 0 N–H and O–H groups in total. The molecule has 8 aromatic carbocycles. The van der Waals surface area contributed by atoms with Gasteiger partial charge in [-0.25, -0.2) is 0 Å². The van der Waals surface area contributed by atoms with Gasteiger partial charge in [-0.1, -0.05) is 97.1 Å². The molecule has 0 amide bonds. The lowest BCUT2D eigenvalue weighted by Gasteiger charge is -2.28. The second-order valence-corrected chi connectivity index (χ2v) is 12.9. The largest absolute Gasteiger partial charge is 0.311 e. The highest BCUT2D eigenvalue weighted by Gasteiger charge is 2.19. The van der Waals surface area contributed by atoms with Crippen LogP contribution >= 0.6 is 0 Å². The number of hydrogen-bond acceptors (Lipinski definition) is 1. The van der Waals surface area contributed by atoms with Gasteiger partial charge in [0.1, 0.15) is 0 Å². The summed E-state index contributed by atoms with van der Waals surface area (Å²) in [5.74, 6) is 0. The molecule has 9 aromatic rings. The summed E-state index contributed by atoms with van der Waals surface area (Å²) in [5.41, 5.74) is 7.09. The summed E-state index contributed by atoms with van der Waals surface area (Å²) in [6.07, 6.45) is 9.05. The van der Waals surface area contributed by atoms with E-state index in [9.17, 15) is 0 Å². The van der Waals surface area contributed by atoms with E-state index in [1.54, 1.807) is 0 Å². The summed E-state index contributed by atoms with van der Waals surface area (Å²) in [7, 11) is 0. The summed E-state index contributed by atoms with van der Waals surface area (Å²) in [6, 6.07) is 56.0. The zero-order valence-electron chi connectivity index (χ0n) is 26.5. The summed E-state index contributed by atoms with van der Waals surface area (Å²) in [4.78, 5) is 2.42. The average Bonchev–Trinajstić information content (AvgIpc) is 3.49. The highest BCUT2D eigenvalue weighted by atomic mass is 15.1. The van der Waals surface area contributed by atoms with Crippen LogP contribution in [-0.4, -0.2) is 4.57 Å². The zero-order chi connectivity index (χ0) is 31.6. The van der Waals surface area contributed by atoms with Crippen molar-refractivity contribution in [3.8, 4) is 5.69 Å². The summed E-state index contributed by atoms with van der Waals surface area (Å²) in [5, 5.41) is 12.7. The molecule has 0 saturated heterocycles. The van der Waals surface area contributed by atoms with Gasteiger partial charge in [0, 0.05) is 33.5 Å². The van der Waals surface area contributed by atoms with E-state index < -0.39 is 0 Å². The molecule has 10 rings (SSSR count). The van der Waals surface area contributed by atoms with E-state index in [4.69, 9.17) is 0 Å². The molecule has 2 heteroatoms. The molecule has 0 radical (unpaired) electrons. The molecule has 0 unspecified atom stereocenters. The van der Waals surface area contributed by atoms with Crippen molar-refractivity contribution in [2.75, 3.05) is 4.90 Å². The number of fused-ring (bicyclic) bond motifs is 8. The number of hydrogen-bond donors (Lipinski definition) is 0. The lowest BCUT2D eigenvalue weighted by atomic mass is 9.99. The average molecular weight is 613 g/mol. The van der Waals surface area contributed by atoms with E-state index in [1.165, 1.54) is 70.6 Å². The van der Waals surface area contributed by atoms with Gasteiger partial charge in [-0.2, -0.15) is 0 Å². The fraction of sp³-hybridized carbons (Fsp3) is 0.0435. The normalized spacial score (nSPS) is 13.3. The maximum atomic E-state index is 2.44. The van der Waals surface area contributed by atoms with Gasteiger partial charge >= 0.3 is 0 Å². The molecule has 48 heavy (non-hydrogen) atoms. The van der Waals surface area contributed by atoms with Gasteiger partial charge in [-0.05, 0) is 129 Å². The Bertz CT molecular complexity index is 2800. The zero-order valence-corrected chi connectivity index (χ0v) is 26.5. The Morgan fingerprint density at radius 1 is 0.438 bits per heavy atom. The van der Waals surface area contributed by atoms with Crippen LogP contribution in [0.15, 0.2) is 176 Å². The molecule has 226 valence electrons. The quantitative estimate of drug-likeness (QED) is 0.180. The third kappa shape index (κ3) is 4.27. The molecule has 1 heterocycles. The standard InChI is InChI=1S/C46H32N2/c1-2-15-38(16-3-1)47(41-23-21-35-25-31-11-4-5-13-33(31)27-37(35)28-41)39-17-10-18-40(30-39)48-44-20-9-8-19-42(44)46-43-29-34-14-7-6-12-32(34)26-36(43)22-24-45(46)48/h2,4-30H,1,3H2. The second kappa shape index (κ2) is 10.7. The van der Waals surface area contributed by atoms with E-state index in [0.29, 0.717) is 0 Å². The van der Waals surface area contributed by atoms with Crippen LogP contribution in [0.3, 0.4) is 0 Å². The number of rotatable bonds is 4. The number of anilines is 2. The maximum Gasteiger partial charge on any atom is 0.0547 e. The summed E-state index contributed by atoms with van der Waals surface area (Å²) < 4.78 is 2.44. The van der Waals surface area contributed by atoms with Crippen LogP contribution in [0.25, 0.3) is 70.6 Å². The first-order valence-electron chi connectivity index (χ1n) is 16.8. The Labute approximate surface area is 279 Å². The van der Waals surface area contributed by atoms with Crippen molar-refractivity contribution >= 4 is 76.3 Å². The van der Waals surface area contributed by atoms with Gasteiger partial charge in [0.05, 0.1) is 11.0 Å². The van der Waals surface area contributed by atoms with Crippen molar-refractivity contribution in [1.82, 2.24) is 4.57 Å². The predicted molar refractivity (Wildman–Crippen MR) is 206 cm³/mol. The molecular formula is C46H32N2. The molecule has 0 atom stereocenters. The van der Waals surface area contributed by atoms with Gasteiger partial charge in [-0.3, -0.25) is 0 Å². The lowest BCUT2D eigenvalue weighted by molar-refractivity contribution is 0.997. The van der Waals surface area contributed by atoms with Crippen LogP contribution in [0.5, 0.6) is 0 Å². The van der Waals surface area contributed by atoms with Crippen molar-refractivity contribution in [3.05, 3.63) is 176 Å². The first-order chi connectivity index (χ1) is 23.8. The smallest absolute Gasteiger partial charge is 0.0547 e. The van der Waals surface area contributed by atoms with Gasteiger partial charge in [-0.15, -0.1) is 0 Å². The van der Waals surface area contributed by atoms with E-state index in [2.05, 4.69) is 179 Å². The Morgan fingerprint density at radius 3 is 1.90 bits per heavy atom. The minimum absolute atomic E-state index is 1.04. The third-order valence-electron chi connectivity index (χ3n) is 10.0. The second-order valence-electron chi connectivity index (χ2n) is 12.9. The van der Waals surface area contributed by atoms with Crippen LogP contribution in [0.1, 0.15) is 12.8 Å². The fourth-order valence-electron chi connectivity index (χ4n) is 7.81. The molecule has 0 fully saturated rings. The summed E-state index contributed by atoms with van der Waals surface area (Å²) in [6.45, 7) is 0. The van der Waals surface area contributed by atoms with Crippen LogP contribution in [-0.2, 0) is 0 Å². The van der Waals surface area contributed by atoms with Crippen LogP contribution < -0.4 is 4.90 Å². The lowest BCUT2D eigenvalue weighted by Crippen LogP contribution is -2.16. The van der Waals surface area contributed by atoms with Crippen molar-refractivity contribution < 1.29 is 0 Å². The first kappa shape index (κ1) is 27.0. The molecule has 0 spiro atoms. The Morgan fingerprint density at radius 2 is 1.10 bits per heavy atom. The SMILES string of the molecule is C1=CC(N(c2cccc(-n3c4ccccc4c4c5cc6ccccc6cc5ccc43)c2)c2ccc3cc4ccccc4cc3c2)=CCC1. The van der Waals surface area contributed by atoms with Gasteiger partial charge in [0.25, 0.3) is 0 Å². The predicted octanol–water partition coefficient (Wildman–Crippen LogP) is 12.8. The monoisotopic (exact) mass is 612 g/mol. The van der Waals surface area contributed by atoms with E-state index in [-0.39, 0.29) is 0 Å². The maximum absolute atomic E-state index is 2.44. The molecule has 1 aliphatic rings. The number of nitrogens with zero attached hydrogens (tertiary/aromatic N) is 2. The first-order valence-corrected chi connectivity index (χ1v) is 16.8. The number of allylic oxidation sites excluding steroid dienone is 3. The summed E-state index contributed by atoms with van der Waals surface area (Å²) >= 11 is 0. The van der Waals surface area contributed by atoms with Crippen molar-refractivity contribution in [3.63, 3.8) is 0 Å².